The summed E-state index contributed by atoms with van der Waals surface area (Å²) in [5.74, 6) is 0.0497. The Morgan fingerprint density at radius 3 is 2.47 bits per heavy atom. The Morgan fingerprint density at radius 2 is 1.95 bits per heavy atom. The maximum absolute atomic E-state index is 12.1. The molecular weight excluding hydrogens is 240 g/mol. The molecule has 0 amide bonds. The number of hydrogen-bond donors (Lipinski definition) is 0. The summed E-state index contributed by atoms with van der Waals surface area (Å²) in [4.78, 5) is 12.1. The van der Waals surface area contributed by atoms with Crippen molar-refractivity contribution in [3.05, 3.63) is 35.9 Å². The zero-order valence-corrected chi connectivity index (χ0v) is 12.1. The maximum atomic E-state index is 12.1. The molecule has 1 fully saturated rings. The van der Waals surface area contributed by atoms with E-state index in [4.69, 9.17) is 9.47 Å². The van der Waals surface area contributed by atoms with Gasteiger partial charge < -0.3 is 9.47 Å². The molecule has 0 N–H and O–H groups in total. The van der Waals surface area contributed by atoms with Gasteiger partial charge in [-0.1, -0.05) is 45.9 Å². The lowest BCUT2D eigenvalue weighted by molar-refractivity contribution is -0.135. The fourth-order valence-electron chi connectivity index (χ4n) is 2.51. The summed E-state index contributed by atoms with van der Waals surface area (Å²) in [7, 11) is 0. The standard InChI is InChI=1S/C16H22O3/c1-5-13-11(2)16(3,4)15(18-13)19-14(17)12-9-7-6-8-10-12/h6-11,13,15H,5H2,1-4H3/t11-,13?,15+/m1/s1. The predicted molar refractivity (Wildman–Crippen MR) is 73.8 cm³/mol. The number of carbonyl (C=O) groups is 1. The molecule has 3 heteroatoms. The molecule has 1 unspecified atom stereocenters. The van der Waals surface area contributed by atoms with Crippen LogP contribution < -0.4 is 0 Å². The molecule has 0 radical (unpaired) electrons. The highest BCUT2D eigenvalue weighted by Gasteiger charge is 2.49. The SMILES string of the molecule is CCC1O[C@@H](OC(=O)c2ccccc2)C(C)(C)[C@@H]1C. The summed E-state index contributed by atoms with van der Waals surface area (Å²) in [5.41, 5.74) is 0.403. The van der Waals surface area contributed by atoms with Gasteiger partial charge in [-0.3, -0.25) is 0 Å². The fraction of sp³-hybridized carbons (Fsp3) is 0.562. The number of hydrogen-bond acceptors (Lipinski definition) is 3. The Balaban J connectivity index is 2.09. The van der Waals surface area contributed by atoms with E-state index in [1.807, 2.05) is 18.2 Å². The van der Waals surface area contributed by atoms with Crippen molar-refractivity contribution >= 4 is 5.97 Å². The third-order valence-corrected chi connectivity index (χ3v) is 4.26. The number of ether oxygens (including phenoxy) is 2. The van der Waals surface area contributed by atoms with Gasteiger partial charge in [-0.15, -0.1) is 0 Å². The van der Waals surface area contributed by atoms with Crippen molar-refractivity contribution in [2.45, 2.75) is 46.5 Å². The second-order valence-electron chi connectivity index (χ2n) is 5.80. The minimum Gasteiger partial charge on any atom is -0.432 e. The summed E-state index contributed by atoms with van der Waals surface area (Å²) in [6, 6.07) is 9.04. The van der Waals surface area contributed by atoms with Crippen molar-refractivity contribution in [1.29, 1.82) is 0 Å². The Morgan fingerprint density at radius 1 is 1.32 bits per heavy atom. The molecule has 1 aliphatic heterocycles. The van der Waals surface area contributed by atoms with Gasteiger partial charge in [-0.05, 0) is 24.5 Å². The van der Waals surface area contributed by atoms with E-state index in [9.17, 15) is 4.79 Å². The van der Waals surface area contributed by atoms with E-state index in [-0.39, 0.29) is 17.5 Å². The van der Waals surface area contributed by atoms with Gasteiger partial charge in [0.15, 0.2) is 0 Å². The van der Waals surface area contributed by atoms with E-state index in [0.29, 0.717) is 11.5 Å². The van der Waals surface area contributed by atoms with E-state index in [0.717, 1.165) is 6.42 Å². The normalized spacial score (nSPS) is 29.2. The van der Waals surface area contributed by atoms with Gasteiger partial charge in [0.25, 0.3) is 0 Å². The molecule has 1 aromatic carbocycles. The van der Waals surface area contributed by atoms with Crippen LogP contribution in [0, 0.1) is 11.3 Å². The van der Waals surface area contributed by atoms with E-state index < -0.39 is 6.29 Å². The molecule has 1 aliphatic rings. The van der Waals surface area contributed by atoms with Gasteiger partial charge >= 0.3 is 5.97 Å². The molecule has 1 aromatic rings. The summed E-state index contributed by atoms with van der Waals surface area (Å²) < 4.78 is 11.4. The van der Waals surface area contributed by atoms with Crippen LogP contribution in [-0.2, 0) is 9.47 Å². The topological polar surface area (TPSA) is 35.5 Å². The second kappa shape index (κ2) is 5.33. The summed E-state index contributed by atoms with van der Waals surface area (Å²) in [6.07, 6.45) is 0.619. The first kappa shape index (κ1) is 14.1. The molecule has 0 bridgehead atoms. The van der Waals surface area contributed by atoms with Gasteiger partial charge in [0.2, 0.25) is 6.29 Å². The first-order chi connectivity index (χ1) is 8.96. The Hall–Kier alpha value is -1.35. The summed E-state index contributed by atoms with van der Waals surface area (Å²) in [5, 5.41) is 0. The van der Waals surface area contributed by atoms with Crippen molar-refractivity contribution in [1.82, 2.24) is 0 Å². The minimum absolute atomic E-state index is 0.156. The largest absolute Gasteiger partial charge is 0.432 e. The van der Waals surface area contributed by atoms with E-state index in [1.54, 1.807) is 12.1 Å². The average molecular weight is 262 g/mol. The highest BCUT2D eigenvalue weighted by atomic mass is 16.7. The Kier molecular flexibility index (Phi) is 3.95. The van der Waals surface area contributed by atoms with Crippen LogP contribution in [0.2, 0.25) is 0 Å². The third kappa shape index (κ3) is 2.66. The van der Waals surface area contributed by atoms with Gasteiger partial charge in [0.05, 0.1) is 11.7 Å². The van der Waals surface area contributed by atoms with Crippen LogP contribution in [0.15, 0.2) is 30.3 Å². The summed E-state index contributed by atoms with van der Waals surface area (Å²) >= 11 is 0. The average Bonchev–Trinajstić information content (AvgIpc) is 2.63. The van der Waals surface area contributed by atoms with Gasteiger partial charge in [0.1, 0.15) is 0 Å². The summed E-state index contributed by atoms with van der Waals surface area (Å²) in [6.45, 7) is 8.44. The Labute approximate surface area is 114 Å². The van der Waals surface area contributed by atoms with Crippen molar-refractivity contribution in [2.24, 2.45) is 11.3 Å². The number of carbonyl (C=O) groups excluding carboxylic acids is 1. The zero-order chi connectivity index (χ0) is 14.0. The smallest absolute Gasteiger partial charge is 0.340 e. The maximum Gasteiger partial charge on any atom is 0.340 e. The first-order valence-electron chi connectivity index (χ1n) is 6.88. The molecule has 1 heterocycles. The third-order valence-electron chi connectivity index (χ3n) is 4.26. The lowest BCUT2D eigenvalue weighted by Crippen LogP contribution is -2.33. The van der Waals surface area contributed by atoms with Crippen LogP contribution in [0.25, 0.3) is 0 Å². The van der Waals surface area contributed by atoms with Crippen LogP contribution in [0.1, 0.15) is 44.5 Å². The lowest BCUT2D eigenvalue weighted by atomic mass is 9.78. The molecule has 0 spiro atoms. The number of benzene rings is 1. The minimum atomic E-state index is -0.472. The number of esters is 1. The Bertz CT molecular complexity index is 439. The van der Waals surface area contributed by atoms with Gasteiger partial charge in [-0.25, -0.2) is 4.79 Å². The quantitative estimate of drug-likeness (QED) is 0.780. The molecule has 0 aromatic heterocycles. The van der Waals surface area contributed by atoms with Crippen molar-refractivity contribution in [3.8, 4) is 0 Å². The first-order valence-corrected chi connectivity index (χ1v) is 6.88. The van der Waals surface area contributed by atoms with E-state index in [1.165, 1.54) is 0 Å². The van der Waals surface area contributed by atoms with Crippen LogP contribution in [0.5, 0.6) is 0 Å². The molecule has 2 rings (SSSR count). The highest BCUT2D eigenvalue weighted by molar-refractivity contribution is 5.89. The molecule has 0 saturated carbocycles. The van der Waals surface area contributed by atoms with Crippen LogP contribution in [-0.4, -0.2) is 18.4 Å². The van der Waals surface area contributed by atoms with Crippen molar-refractivity contribution in [2.75, 3.05) is 0 Å². The van der Waals surface area contributed by atoms with Crippen LogP contribution >= 0.6 is 0 Å². The fourth-order valence-corrected chi connectivity index (χ4v) is 2.51. The predicted octanol–water partition coefficient (Wildman–Crippen LogP) is 3.64. The second-order valence-corrected chi connectivity index (χ2v) is 5.80. The monoisotopic (exact) mass is 262 g/mol. The van der Waals surface area contributed by atoms with Gasteiger partial charge in [-0.2, -0.15) is 0 Å². The molecule has 104 valence electrons. The van der Waals surface area contributed by atoms with Crippen molar-refractivity contribution in [3.63, 3.8) is 0 Å². The molecule has 19 heavy (non-hydrogen) atoms. The molecule has 3 atom stereocenters. The molecular formula is C16H22O3. The molecule has 3 nitrogen and oxygen atoms in total. The zero-order valence-electron chi connectivity index (χ0n) is 12.1. The van der Waals surface area contributed by atoms with Crippen molar-refractivity contribution < 1.29 is 14.3 Å². The highest BCUT2D eigenvalue weighted by Crippen LogP contribution is 2.44. The van der Waals surface area contributed by atoms with Gasteiger partial charge in [0, 0.05) is 5.41 Å². The van der Waals surface area contributed by atoms with E-state index in [2.05, 4.69) is 27.7 Å². The molecule has 1 saturated heterocycles. The lowest BCUT2D eigenvalue weighted by Gasteiger charge is -2.28. The van der Waals surface area contributed by atoms with E-state index >= 15 is 0 Å². The number of rotatable bonds is 3. The van der Waals surface area contributed by atoms with Crippen LogP contribution in [0.4, 0.5) is 0 Å². The molecule has 0 aliphatic carbocycles. The van der Waals surface area contributed by atoms with Crippen LogP contribution in [0.3, 0.4) is 0 Å².